The van der Waals surface area contributed by atoms with Crippen molar-refractivity contribution in [3.63, 3.8) is 0 Å². The summed E-state index contributed by atoms with van der Waals surface area (Å²) in [5.41, 5.74) is 4.51. The van der Waals surface area contributed by atoms with E-state index in [9.17, 15) is 0 Å². The van der Waals surface area contributed by atoms with Gasteiger partial charge in [-0.1, -0.05) is 12.8 Å². The summed E-state index contributed by atoms with van der Waals surface area (Å²) in [7, 11) is 0. The molecule has 0 amide bonds. The molecule has 0 bridgehead atoms. The fraction of sp³-hybridized carbons (Fsp3) is 0.615. The molecular weight excluding hydrogens is 156 g/mol. The molecule has 1 saturated carbocycles. The van der Waals surface area contributed by atoms with Crippen LogP contribution in [-0.4, -0.2) is 0 Å². The lowest BCUT2D eigenvalue weighted by Crippen LogP contribution is -2.15. The van der Waals surface area contributed by atoms with E-state index in [0.29, 0.717) is 11.8 Å². The first kappa shape index (κ1) is 10.2. The van der Waals surface area contributed by atoms with Gasteiger partial charge in [-0.25, -0.2) is 0 Å². The molecule has 0 radical (unpaired) electrons. The van der Waals surface area contributed by atoms with Crippen molar-refractivity contribution in [1.82, 2.24) is 0 Å². The van der Waals surface area contributed by atoms with Crippen LogP contribution in [0.25, 0.3) is 0 Å². The van der Waals surface area contributed by atoms with Crippen molar-refractivity contribution in [2.24, 2.45) is 11.8 Å². The normalized spacial score (nSPS) is 27.2. The lowest BCUT2D eigenvalue weighted by Gasteiger charge is -2.24. The molecule has 0 spiro atoms. The third-order valence-corrected chi connectivity index (χ3v) is 2.62. The van der Waals surface area contributed by atoms with Crippen LogP contribution < -0.4 is 0 Å². The molecule has 2 atom stereocenters. The third kappa shape index (κ3) is 3.13. The maximum Gasteiger partial charge on any atom is 0.0269 e. The van der Waals surface area contributed by atoms with E-state index in [1.807, 2.05) is 0 Å². The fourth-order valence-electron chi connectivity index (χ4n) is 1.84. The Morgan fingerprint density at radius 2 is 2.00 bits per heavy atom. The van der Waals surface area contributed by atoms with Gasteiger partial charge in [-0.3, -0.25) is 0 Å². The van der Waals surface area contributed by atoms with Gasteiger partial charge in [0.2, 0.25) is 0 Å². The van der Waals surface area contributed by atoms with E-state index in [0.717, 1.165) is 0 Å². The largest absolute Gasteiger partial charge is 0.126 e. The summed E-state index contributed by atoms with van der Waals surface area (Å²) in [6.07, 6.45) is 12.7. The van der Waals surface area contributed by atoms with Gasteiger partial charge >= 0.3 is 0 Å². The van der Waals surface area contributed by atoms with Crippen LogP contribution in [0.3, 0.4) is 0 Å². The summed E-state index contributed by atoms with van der Waals surface area (Å²) >= 11 is 0. The van der Waals surface area contributed by atoms with Gasteiger partial charge in [-0.15, -0.1) is 18.1 Å². The zero-order chi connectivity index (χ0) is 9.68. The smallest absolute Gasteiger partial charge is 0.0269 e. The second-order valence-corrected chi connectivity index (χ2v) is 4.03. The number of hydrogen-bond donors (Lipinski definition) is 0. The summed E-state index contributed by atoms with van der Waals surface area (Å²) < 4.78 is 0. The molecule has 1 rings (SSSR count). The summed E-state index contributed by atoms with van der Waals surface area (Å²) in [5.74, 6) is 3.93. The molecule has 0 aliphatic heterocycles. The molecule has 0 nitrogen and oxygen atoms in total. The molecule has 1 aliphatic carbocycles. The van der Waals surface area contributed by atoms with Crippen LogP contribution in [-0.2, 0) is 0 Å². The highest BCUT2D eigenvalue weighted by Gasteiger charge is 2.20. The number of allylic oxidation sites excluding steroid dienone is 1. The summed E-state index contributed by atoms with van der Waals surface area (Å²) in [4.78, 5) is 0. The van der Waals surface area contributed by atoms with Gasteiger partial charge in [0.05, 0.1) is 0 Å². The standard InChI is InChI=1S/C13H18/c1-4-12-7-5-6-8-13(12)10-9-11(2)3/h1,10,12-13H,5-8H2,2-3H3/t12-,13-/m1/s1. The minimum absolute atomic E-state index is 0.459. The minimum Gasteiger partial charge on any atom is -0.126 e. The Balaban J connectivity index is 2.67. The Morgan fingerprint density at radius 3 is 2.62 bits per heavy atom. The van der Waals surface area contributed by atoms with Crippen molar-refractivity contribution in [3.8, 4) is 12.3 Å². The average Bonchev–Trinajstić information content (AvgIpc) is 2.15. The fourth-order valence-corrected chi connectivity index (χ4v) is 1.84. The van der Waals surface area contributed by atoms with Crippen LogP contribution in [0.1, 0.15) is 39.5 Å². The van der Waals surface area contributed by atoms with Crippen LogP contribution in [0, 0.1) is 24.2 Å². The van der Waals surface area contributed by atoms with E-state index in [1.54, 1.807) is 0 Å². The molecule has 0 heterocycles. The molecule has 0 heteroatoms. The SMILES string of the molecule is C#C[C@@H]1CCCC[C@@H]1C=C=C(C)C. The first-order valence-electron chi connectivity index (χ1n) is 5.10. The van der Waals surface area contributed by atoms with Crippen LogP contribution in [0.5, 0.6) is 0 Å². The van der Waals surface area contributed by atoms with Crippen molar-refractivity contribution in [2.75, 3.05) is 0 Å². The van der Waals surface area contributed by atoms with Crippen LogP contribution in [0.15, 0.2) is 17.4 Å². The second-order valence-electron chi connectivity index (χ2n) is 4.03. The van der Waals surface area contributed by atoms with Crippen molar-refractivity contribution in [3.05, 3.63) is 17.4 Å². The molecule has 0 N–H and O–H groups in total. The van der Waals surface area contributed by atoms with Crippen molar-refractivity contribution >= 4 is 0 Å². The van der Waals surface area contributed by atoms with Gasteiger partial charge < -0.3 is 0 Å². The maximum atomic E-state index is 5.50. The summed E-state index contributed by atoms with van der Waals surface area (Å²) in [6.45, 7) is 4.15. The number of rotatable bonds is 1. The highest BCUT2D eigenvalue weighted by molar-refractivity contribution is 5.06. The maximum absolute atomic E-state index is 5.50. The highest BCUT2D eigenvalue weighted by atomic mass is 14.2. The average molecular weight is 174 g/mol. The predicted octanol–water partition coefficient (Wildman–Crippen LogP) is 3.55. The predicted molar refractivity (Wildman–Crippen MR) is 57.2 cm³/mol. The highest BCUT2D eigenvalue weighted by Crippen LogP contribution is 2.30. The topological polar surface area (TPSA) is 0 Å². The third-order valence-electron chi connectivity index (χ3n) is 2.62. The van der Waals surface area contributed by atoms with E-state index in [1.165, 1.54) is 31.3 Å². The van der Waals surface area contributed by atoms with Gasteiger partial charge in [0, 0.05) is 5.92 Å². The second kappa shape index (κ2) is 4.95. The molecule has 0 aromatic rings. The van der Waals surface area contributed by atoms with Gasteiger partial charge in [0.15, 0.2) is 0 Å². The van der Waals surface area contributed by atoms with Gasteiger partial charge in [-0.2, -0.15) is 0 Å². The van der Waals surface area contributed by atoms with Crippen LogP contribution in [0.2, 0.25) is 0 Å². The quantitative estimate of drug-likeness (QED) is 0.421. The summed E-state index contributed by atoms with van der Waals surface area (Å²) in [5, 5.41) is 0. The monoisotopic (exact) mass is 174 g/mol. The number of hydrogen-bond acceptors (Lipinski definition) is 0. The Bertz CT molecular complexity index is 254. The molecule has 0 aromatic carbocycles. The zero-order valence-corrected chi connectivity index (χ0v) is 8.64. The van der Waals surface area contributed by atoms with E-state index in [-0.39, 0.29) is 0 Å². The Labute approximate surface area is 81.7 Å². The lowest BCUT2D eigenvalue weighted by atomic mass is 9.80. The molecule has 13 heavy (non-hydrogen) atoms. The van der Waals surface area contributed by atoms with Gasteiger partial charge in [-0.05, 0) is 44.3 Å². The van der Waals surface area contributed by atoms with E-state index < -0.39 is 0 Å². The lowest BCUT2D eigenvalue weighted by molar-refractivity contribution is 0.348. The molecule has 70 valence electrons. The Morgan fingerprint density at radius 1 is 1.31 bits per heavy atom. The number of terminal acetylenes is 1. The summed E-state index contributed by atoms with van der Waals surface area (Å²) in [6, 6.07) is 0. The van der Waals surface area contributed by atoms with E-state index >= 15 is 0 Å². The molecule has 1 aliphatic rings. The van der Waals surface area contributed by atoms with Crippen LogP contribution in [0.4, 0.5) is 0 Å². The minimum atomic E-state index is 0.459. The van der Waals surface area contributed by atoms with E-state index in [4.69, 9.17) is 6.42 Å². The van der Waals surface area contributed by atoms with Crippen molar-refractivity contribution in [2.45, 2.75) is 39.5 Å². The molecule has 0 aromatic heterocycles. The first-order valence-corrected chi connectivity index (χ1v) is 5.10. The van der Waals surface area contributed by atoms with Crippen molar-refractivity contribution in [1.29, 1.82) is 0 Å². The van der Waals surface area contributed by atoms with Crippen molar-refractivity contribution < 1.29 is 0 Å². The molecule has 0 saturated heterocycles. The Kier molecular flexibility index (Phi) is 3.87. The molecular formula is C13H18. The van der Waals surface area contributed by atoms with Gasteiger partial charge in [0.1, 0.15) is 0 Å². The molecule has 1 fully saturated rings. The van der Waals surface area contributed by atoms with Gasteiger partial charge in [0.25, 0.3) is 0 Å². The van der Waals surface area contributed by atoms with Crippen LogP contribution >= 0.6 is 0 Å². The Hall–Kier alpha value is -0.920. The molecule has 0 unspecified atom stereocenters. The zero-order valence-electron chi connectivity index (χ0n) is 8.64. The first-order chi connectivity index (χ1) is 6.24. The van der Waals surface area contributed by atoms with E-state index in [2.05, 4.69) is 31.6 Å².